The van der Waals surface area contributed by atoms with Gasteiger partial charge in [-0.15, -0.1) is 0 Å². The van der Waals surface area contributed by atoms with Crippen molar-refractivity contribution in [3.63, 3.8) is 0 Å². The predicted octanol–water partition coefficient (Wildman–Crippen LogP) is 3.12. The van der Waals surface area contributed by atoms with E-state index >= 15 is 0 Å². The van der Waals surface area contributed by atoms with Crippen LogP contribution in [-0.2, 0) is 0 Å². The molecular weight excluding hydrogens is 233 g/mol. The third-order valence-electron chi connectivity index (χ3n) is 3.83. The van der Waals surface area contributed by atoms with Crippen molar-refractivity contribution >= 4 is 18.8 Å². The molecular formula is C13H15BF2N2. The Morgan fingerprint density at radius 1 is 1.11 bits per heavy atom. The molecule has 0 aromatic carbocycles. The summed E-state index contributed by atoms with van der Waals surface area (Å²) in [4.78, 5) is 0. The van der Waals surface area contributed by atoms with Gasteiger partial charge in [0.1, 0.15) is 5.71 Å². The summed E-state index contributed by atoms with van der Waals surface area (Å²) in [5.41, 5.74) is 4.29. The Labute approximate surface area is 105 Å². The van der Waals surface area contributed by atoms with Gasteiger partial charge in [-0.05, 0) is 38.1 Å². The van der Waals surface area contributed by atoms with Gasteiger partial charge in [0.2, 0.25) is 0 Å². The van der Waals surface area contributed by atoms with Crippen LogP contribution in [0.15, 0.2) is 23.4 Å². The van der Waals surface area contributed by atoms with Crippen molar-refractivity contribution in [2.75, 3.05) is 0 Å². The van der Waals surface area contributed by atoms with E-state index < -0.39 is 6.97 Å². The van der Waals surface area contributed by atoms with E-state index in [9.17, 15) is 8.63 Å². The first kappa shape index (κ1) is 11.4. The molecule has 1 aromatic rings. The monoisotopic (exact) mass is 248 g/mol. The molecule has 0 unspecified atom stereocenters. The third kappa shape index (κ3) is 1.19. The second kappa shape index (κ2) is 3.22. The minimum Gasteiger partial charge on any atom is -0.394 e. The average Bonchev–Trinajstić information content (AvgIpc) is 2.67. The van der Waals surface area contributed by atoms with Gasteiger partial charge in [0, 0.05) is 30.3 Å². The quantitative estimate of drug-likeness (QED) is 0.623. The Hall–Kier alpha value is -1.65. The lowest BCUT2D eigenvalue weighted by molar-refractivity contribution is -0.362. The molecule has 0 aliphatic carbocycles. The highest BCUT2D eigenvalue weighted by Crippen LogP contribution is 2.36. The van der Waals surface area contributed by atoms with Gasteiger partial charge in [-0.2, -0.15) is 0 Å². The van der Waals surface area contributed by atoms with Gasteiger partial charge in [-0.3, -0.25) is 0 Å². The van der Waals surface area contributed by atoms with Crippen LogP contribution in [0.1, 0.15) is 30.8 Å². The fourth-order valence-corrected chi connectivity index (χ4v) is 3.11. The number of hydrogen-bond acceptors (Lipinski definition) is 0. The van der Waals surface area contributed by atoms with E-state index in [1.54, 1.807) is 13.8 Å². The summed E-state index contributed by atoms with van der Waals surface area (Å²) in [6, 6.07) is 1.82. The number of hydrogen-bond donors (Lipinski definition) is 0. The van der Waals surface area contributed by atoms with Gasteiger partial charge < -0.3 is 17.6 Å². The molecule has 3 heterocycles. The lowest BCUT2D eigenvalue weighted by Crippen LogP contribution is -2.50. The molecule has 0 fully saturated rings. The maximum Gasteiger partial charge on any atom is 0.737 e. The predicted molar refractivity (Wildman–Crippen MR) is 69.9 cm³/mol. The normalized spacial score (nSPS) is 20.6. The highest BCUT2D eigenvalue weighted by molar-refractivity contribution is 6.58. The van der Waals surface area contributed by atoms with E-state index in [-0.39, 0.29) is 0 Å². The van der Waals surface area contributed by atoms with Crippen LogP contribution in [0.3, 0.4) is 0 Å². The molecule has 0 N–H and O–H groups in total. The van der Waals surface area contributed by atoms with E-state index in [2.05, 4.69) is 0 Å². The van der Waals surface area contributed by atoms with Crippen molar-refractivity contribution < 1.29 is 13.1 Å². The summed E-state index contributed by atoms with van der Waals surface area (Å²) < 4.78 is 31.8. The average molecular weight is 248 g/mol. The molecule has 0 amide bonds. The number of rotatable bonds is 0. The standard InChI is InChI=1S/C13H15BF2N2/c1-8-5-10(3)17-12(8)7-13-9(2)6-11(4)18(13)14(17,15)16/h5-7H,1-4H3. The summed E-state index contributed by atoms with van der Waals surface area (Å²) in [5.74, 6) is 0. The van der Waals surface area contributed by atoms with Crippen LogP contribution in [0.2, 0.25) is 0 Å². The lowest BCUT2D eigenvalue weighted by atomic mass is 9.89. The summed E-state index contributed by atoms with van der Waals surface area (Å²) >= 11 is 0. The molecule has 1 aromatic heterocycles. The van der Waals surface area contributed by atoms with Crippen molar-refractivity contribution in [1.82, 2.24) is 4.48 Å². The number of nitrogens with zero attached hydrogens (tertiary/aromatic N) is 2. The number of aromatic nitrogens is 1. The van der Waals surface area contributed by atoms with Crippen molar-refractivity contribution in [2.24, 2.45) is 0 Å². The largest absolute Gasteiger partial charge is 0.737 e. The zero-order valence-electron chi connectivity index (χ0n) is 11.0. The number of fused-ring (bicyclic) bond motifs is 2. The zero-order chi connectivity index (χ0) is 13.2. The molecule has 0 saturated heterocycles. The number of allylic oxidation sites excluding steroid dienone is 2. The molecule has 0 radical (unpaired) electrons. The van der Waals surface area contributed by atoms with Crippen molar-refractivity contribution in [2.45, 2.75) is 27.7 Å². The second-order valence-corrected chi connectivity index (χ2v) is 5.18. The van der Waals surface area contributed by atoms with Crippen LogP contribution in [-0.4, -0.2) is 21.6 Å². The molecule has 2 aliphatic rings. The van der Waals surface area contributed by atoms with Crippen LogP contribution in [0.25, 0.3) is 6.08 Å². The molecule has 18 heavy (non-hydrogen) atoms. The van der Waals surface area contributed by atoms with Gasteiger partial charge in [0.25, 0.3) is 0 Å². The highest BCUT2D eigenvalue weighted by atomic mass is 19.2. The topological polar surface area (TPSA) is 7.94 Å². The van der Waals surface area contributed by atoms with Crippen LogP contribution >= 0.6 is 0 Å². The molecule has 0 bridgehead atoms. The second-order valence-electron chi connectivity index (χ2n) is 5.18. The van der Waals surface area contributed by atoms with E-state index in [1.165, 1.54) is 8.96 Å². The molecule has 0 spiro atoms. The summed E-state index contributed by atoms with van der Waals surface area (Å²) in [7, 11) is 0. The molecule has 0 atom stereocenters. The SMILES string of the molecule is CC1=CC(C)=[N+]2C1=Cc1c(C)cc(C)n1[B-]2(F)F. The first-order valence-corrected chi connectivity index (χ1v) is 6.08. The smallest absolute Gasteiger partial charge is 0.394 e. The third-order valence-corrected chi connectivity index (χ3v) is 3.83. The molecule has 3 rings (SSSR count). The summed E-state index contributed by atoms with van der Waals surface area (Å²) in [5, 5.41) is 0. The zero-order valence-corrected chi connectivity index (χ0v) is 11.0. The van der Waals surface area contributed by atoms with E-state index in [0.29, 0.717) is 22.8 Å². The van der Waals surface area contributed by atoms with Crippen molar-refractivity contribution in [3.8, 4) is 0 Å². The van der Waals surface area contributed by atoms with Gasteiger partial charge in [-0.1, -0.05) is 0 Å². The van der Waals surface area contributed by atoms with Gasteiger partial charge in [-0.25, -0.2) is 0 Å². The molecule has 0 saturated carbocycles. The van der Waals surface area contributed by atoms with Crippen molar-refractivity contribution in [3.05, 3.63) is 40.4 Å². The van der Waals surface area contributed by atoms with E-state index in [1.807, 2.05) is 32.1 Å². The van der Waals surface area contributed by atoms with Crippen LogP contribution in [0, 0.1) is 13.8 Å². The van der Waals surface area contributed by atoms with Crippen LogP contribution < -0.4 is 0 Å². The maximum absolute atomic E-state index is 14.7. The van der Waals surface area contributed by atoms with Gasteiger partial charge in [0.05, 0.1) is 0 Å². The first-order valence-electron chi connectivity index (χ1n) is 6.08. The summed E-state index contributed by atoms with van der Waals surface area (Å²) in [6.07, 6.45) is 3.68. The Bertz CT molecular complexity index is 663. The van der Waals surface area contributed by atoms with Crippen LogP contribution in [0.5, 0.6) is 0 Å². The first-order chi connectivity index (χ1) is 8.34. The molecule has 5 heteroatoms. The lowest BCUT2D eigenvalue weighted by Gasteiger charge is -2.30. The molecule has 2 aliphatic heterocycles. The fraction of sp³-hybridized carbons (Fsp3) is 0.308. The van der Waals surface area contributed by atoms with E-state index in [0.717, 1.165) is 11.1 Å². The Balaban J connectivity index is 2.40. The van der Waals surface area contributed by atoms with Gasteiger partial charge >= 0.3 is 6.97 Å². The minimum atomic E-state index is -3.77. The Morgan fingerprint density at radius 2 is 1.78 bits per heavy atom. The number of aryl methyl sites for hydroxylation is 2. The van der Waals surface area contributed by atoms with E-state index in [4.69, 9.17) is 0 Å². The minimum absolute atomic E-state index is 0.611. The summed E-state index contributed by atoms with van der Waals surface area (Å²) in [6.45, 7) is 3.45. The highest BCUT2D eigenvalue weighted by Gasteiger charge is 2.52. The maximum atomic E-state index is 14.7. The Kier molecular flexibility index (Phi) is 2.05. The molecule has 94 valence electrons. The van der Waals surface area contributed by atoms with Crippen LogP contribution in [0.4, 0.5) is 8.63 Å². The molecule has 2 nitrogen and oxygen atoms in total. The number of halogens is 2. The van der Waals surface area contributed by atoms with Crippen molar-refractivity contribution in [1.29, 1.82) is 0 Å². The van der Waals surface area contributed by atoms with Gasteiger partial charge in [0.15, 0.2) is 5.70 Å². The fourth-order valence-electron chi connectivity index (χ4n) is 3.11. The Morgan fingerprint density at radius 3 is 2.44 bits per heavy atom.